The van der Waals surface area contributed by atoms with Crippen molar-refractivity contribution < 1.29 is 31.8 Å². The van der Waals surface area contributed by atoms with Gasteiger partial charge in [0.05, 0.1) is 11.7 Å². The molecular formula is C27H32N7O6S2+. The SMILES string of the molecule is CC1Cc2nc(C(=O)[N+]3(S(=O)(=O)c4ccc5cc(C(=N)N)ccc5c4)CCNC(CC(=O)NCC(=O)O)C3)sc2CN1. The number of carbonyl (C=O) groups excluding carboxylic acids is 2. The second-order valence-corrected chi connectivity index (χ2v) is 13.8. The third-order valence-corrected chi connectivity index (χ3v) is 11.0. The normalized spacial score (nSPS) is 22.3. The Hall–Kier alpha value is -3.76. The van der Waals surface area contributed by atoms with E-state index in [9.17, 15) is 22.8 Å². The molecule has 0 aliphatic carbocycles. The van der Waals surface area contributed by atoms with Crippen LogP contribution in [0.1, 0.15) is 39.3 Å². The number of sulfonamides is 1. The highest BCUT2D eigenvalue weighted by atomic mass is 32.2. The Labute approximate surface area is 246 Å². The first-order chi connectivity index (χ1) is 19.9. The van der Waals surface area contributed by atoms with Crippen molar-refractivity contribution in [2.24, 2.45) is 5.73 Å². The monoisotopic (exact) mass is 614 g/mol. The van der Waals surface area contributed by atoms with E-state index in [0.717, 1.165) is 10.6 Å². The van der Waals surface area contributed by atoms with Crippen LogP contribution in [0.15, 0.2) is 41.3 Å². The van der Waals surface area contributed by atoms with Gasteiger partial charge in [-0.15, -0.1) is 15.2 Å². The van der Waals surface area contributed by atoms with Crippen LogP contribution in [0.4, 0.5) is 0 Å². The van der Waals surface area contributed by atoms with E-state index in [1.807, 2.05) is 6.92 Å². The molecule has 3 aromatic rings. The highest BCUT2D eigenvalue weighted by Crippen LogP contribution is 2.34. The molecule has 2 amide bonds. The van der Waals surface area contributed by atoms with E-state index in [-0.39, 0.29) is 47.8 Å². The second kappa shape index (κ2) is 11.5. The van der Waals surface area contributed by atoms with E-state index in [0.29, 0.717) is 29.3 Å². The smallest absolute Gasteiger partial charge is 0.390 e. The lowest BCUT2D eigenvalue weighted by atomic mass is 10.1. The summed E-state index contributed by atoms with van der Waals surface area (Å²) in [6.45, 7) is 1.77. The third-order valence-electron chi connectivity index (χ3n) is 7.61. The minimum absolute atomic E-state index is 0.0634. The number of benzene rings is 2. The number of aliphatic carboxylic acids is 1. The van der Waals surface area contributed by atoms with E-state index in [1.54, 1.807) is 24.3 Å². The number of amidine groups is 1. The Bertz CT molecular complexity index is 1710. The quantitative estimate of drug-likeness (QED) is 0.118. The summed E-state index contributed by atoms with van der Waals surface area (Å²) >= 11 is 1.18. The van der Waals surface area contributed by atoms with Crippen molar-refractivity contribution in [1.82, 2.24) is 20.9 Å². The molecule has 222 valence electrons. The number of fused-ring (bicyclic) bond motifs is 2. The van der Waals surface area contributed by atoms with Crippen LogP contribution in [0.25, 0.3) is 10.8 Å². The third kappa shape index (κ3) is 5.65. The van der Waals surface area contributed by atoms with Crippen molar-refractivity contribution in [2.75, 3.05) is 26.2 Å². The number of hydrogen-bond acceptors (Lipinski definition) is 10. The van der Waals surface area contributed by atoms with Gasteiger partial charge in [0, 0.05) is 42.4 Å². The first kappa shape index (κ1) is 29.7. The number of carbonyl (C=O) groups is 3. The molecule has 0 saturated carbocycles. The molecule has 13 nitrogen and oxygen atoms in total. The van der Waals surface area contributed by atoms with Crippen molar-refractivity contribution in [3.8, 4) is 0 Å². The number of nitrogens with one attached hydrogen (secondary N) is 4. The summed E-state index contributed by atoms with van der Waals surface area (Å²) in [5.41, 5.74) is 6.88. The van der Waals surface area contributed by atoms with E-state index in [1.165, 1.54) is 23.5 Å². The molecule has 3 atom stereocenters. The van der Waals surface area contributed by atoms with Crippen LogP contribution in [0, 0.1) is 5.41 Å². The summed E-state index contributed by atoms with van der Waals surface area (Å²) in [5.74, 6) is -2.55. The molecule has 0 radical (unpaired) electrons. The zero-order chi connectivity index (χ0) is 30.2. The van der Waals surface area contributed by atoms with Gasteiger partial charge in [-0.05, 0) is 35.9 Å². The molecule has 42 heavy (non-hydrogen) atoms. The highest BCUT2D eigenvalue weighted by Gasteiger charge is 2.55. The molecule has 3 heterocycles. The fourth-order valence-electron chi connectivity index (χ4n) is 5.41. The van der Waals surface area contributed by atoms with Crippen LogP contribution in [0.3, 0.4) is 0 Å². The Morgan fingerprint density at radius 1 is 1.19 bits per heavy atom. The Morgan fingerprint density at radius 2 is 1.93 bits per heavy atom. The topological polar surface area (TPSA) is 204 Å². The summed E-state index contributed by atoms with van der Waals surface area (Å²) in [6, 6.07) is 8.99. The molecule has 5 rings (SSSR count). The molecular weight excluding hydrogens is 582 g/mol. The summed E-state index contributed by atoms with van der Waals surface area (Å²) in [5, 5.41) is 26.7. The summed E-state index contributed by atoms with van der Waals surface area (Å²) < 4.78 is 28.1. The molecule has 7 N–H and O–H groups in total. The number of nitrogens with zero attached hydrogens (tertiary/aromatic N) is 2. The highest BCUT2D eigenvalue weighted by molar-refractivity contribution is 7.86. The van der Waals surface area contributed by atoms with Gasteiger partial charge < -0.3 is 26.8 Å². The minimum Gasteiger partial charge on any atom is -0.480 e. The zero-order valence-corrected chi connectivity index (χ0v) is 24.5. The maximum absolute atomic E-state index is 14.5. The van der Waals surface area contributed by atoms with Crippen molar-refractivity contribution in [3.05, 3.63) is 57.5 Å². The molecule has 15 heteroatoms. The lowest BCUT2D eigenvalue weighted by molar-refractivity contribution is -0.727. The van der Waals surface area contributed by atoms with Crippen LogP contribution >= 0.6 is 11.3 Å². The second-order valence-electron chi connectivity index (χ2n) is 10.6. The lowest BCUT2D eigenvalue weighted by Gasteiger charge is -2.40. The number of thiazole rings is 1. The van der Waals surface area contributed by atoms with Gasteiger partial charge >= 0.3 is 21.9 Å². The number of piperazine rings is 1. The van der Waals surface area contributed by atoms with E-state index in [4.69, 9.17) is 16.2 Å². The largest absolute Gasteiger partial charge is 0.480 e. The van der Waals surface area contributed by atoms with Crippen molar-refractivity contribution >= 4 is 55.8 Å². The van der Waals surface area contributed by atoms with Crippen LogP contribution in [-0.2, 0) is 32.6 Å². The van der Waals surface area contributed by atoms with Crippen LogP contribution < -0.4 is 21.7 Å². The van der Waals surface area contributed by atoms with Gasteiger partial charge in [-0.3, -0.25) is 15.0 Å². The molecule has 1 saturated heterocycles. The number of amides is 2. The first-order valence-corrected chi connectivity index (χ1v) is 15.6. The number of aromatic nitrogens is 1. The molecule has 1 aromatic heterocycles. The molecule has 2 aliphatic rings. The molecule has 3 unspecified atom stereocenters. The standard InChI is InChI=1S/C27H31N7O6S2/c1-15-8-21-22(12-31-15)41-26(33-21)27(38)34(7-6-30-19(14-34)11-23(35)32-13-24(36)37)42(39,40)20-5-4-16-9-18(25(28)29)3-2-17(16)10-20/h2-5,9-10,15,19,30-31H,6-8,11-14H2,1H3,(H4-,28,29,32,35,36,37)/p+1. The fourth-order valence-corrected chi connectivity index (χ4v) is 8.45. The summed E-state index contributed by atoms with van der Waals surface area (Å²) in [7, 11) is -4.39. The minimum atomic E-state index is -4.39. The van der Waals surface area contributed by atoms with Crippen LogP contribution in [0.5, 0.6) is 0 Å². The van der Waals surface area contributed by atoms with Gasteiger partial charge in [-0.25, -0.2) is 9.78 Å². The number of carboxylic acid groups (broad SMARTS) is 1. The number of nitrogen functional groups attached to an aromatic ring is 1. The average Bonchev–Trinajstić information content (AvgIpc) is 3.38. The number of carboxylic acids is 1. The van der Waals surface area contributed by atoms with E-state index >= 15 is 0 Å². The number of rotatable bonds is 8. The zero-order valence-electron chi connectivity index (χ0n) is 22.8. The molecule has 2 aliphatic heterocycles. The van der Waals surface area contributed by atoms with Crippen molar-refractivity contribution in [2.45, 2.75) is 43.3 Å². The van der Waals surface area contributed by atoms with Gasteiger partial charge in [0.15, 0.2) is 0 Å². The van der Waals surface area contributed by atoms with E-state index < -0.39 is 44.3 Å². The van der Waals surface area contributed by atoms with Gasteiger partial charge in [-0.2, -0.15) is 8.42 Å². The van der Waals surface area contributed by atoms with E-state index in [2.05, 4.69) is 20.9 Å². The average molecular weight is 615 g/mol. The Balaban J connectivity index is 1.56. The van der Waals surface area contributed by atoms with Gasteiger partial charge in [0.2, 0.25) is 10.9 Å². The maximum Gasteiger partial charge on any atom is 0.390 e. The Morgan fingerprint density at radius 3 is 2.67 bits per heavy atom. The molecule has 0 spiro atoms. The molecule has 1 fully saturated rings. The Kier molecular flexibility index (Phi) is 8.13. The van der Waals surface area contributed by atoms with Crippen LogP contribution in [0.2, 0.25) is 0 Å². The fraction of sp³-hybridized carbons (Fsp3) is 0.370. The maximum atomic E-state index is 14.5. The van der Waals surface area contributed by atoms with Gasteiger partial charge in [0.1, 0.15) is 30.4 Å². The molecule has 0 bridgehead atoms. The van der Waals surface area contributed by atoms with Crippen molar-refractivity contribution in [3.63, 3.8) is 0 Å². The number of nitrogens with two attached hydrogens (primary N) is 1. The first-order valence-electron chi connectivity index (χ1n) is 13.4. The molecule has 2 aromatic carbocycles. The van der Waals surface area contributed by atoms with Gasteiger partial charge in [-0.1, -0.05) is 18.2 Å². The van der Waals surface area contributed by atoms with Crippen molar-refractivity contribution in [1.29, 1.82) is 5.41 Å². The number of quaternary nitrogens is 1. The summed E-state index contributed by atoms with van der Waals surface area (Å²) in [4.78, 5) is 43.1. The lowest BCUT2D eigenvalue weighted by Crippen LogP contribution is -2.67. The predicted molar refractivity (Wildman–Crippen MR) is 156 cm³/mol. The van der Waals surface area contributed by atoms with Crippen LogP contribution in [-0.4, -0.2) is 84.3 Å². The predicted octanol–water partition coefficient (Wildman–Crippen LogP) is 0.523. The van der Waals surface area contributed by atoms with Gasteiger partial charge in [0.25, 0.3) is 0 Å². The number of hydrogen-bond donors (Lipinski definition) is 6. The summed E-state index contributed by atoms with van der Waals surface area (Å²) in [6.07, 6.45) is 0.407.